The molecule has 1 saturated carbocycles. The highest BCUT2D eigenvalue weighted by molar-refractivity contribution is 6.02. The van der Waals surface area contributed by atoms with Crippen LogP contribution in [0.5, 0.6) is 0 Å². The summed E-state index contributed by atoms with van der Waals surface area (Å²) in [5.41, 5.74) is 1.21. The second-order valence-electron chi connectivity index (χ2n) is 4.66. The average molecular weight is 276 g/mol. The molecule has 104 valence electrons. The second-order valence-corrected chi connectivity index (χ2v) is 4.66. The van der Waals surface area contributed by atoms with Gasteiger partial charge in [0.15, 0.2) is 0 Å². The monoisotopic (exact) mass is 276 g/mol. The van der Waals surface area contributed by atoms with Crippen LogP contribution >= 0.6 is 0 Å². The van der Waals surface area contributed by atoms with Crippen LogP contribution in [0.15, 0.2) is 23.0 Å². The molecule has 0 unspecified atom stereocenters. The van der Waals surface area contributed by atoms with E-state index in [0.29, 0.717) is 11.6 Å². The third-order valence-corrected chi connectivity index (χ3v) is 2.94. The highest BCUT2D eigenvalue weighted by atomic mass is 16.5. The molecule has 0 spiro atoms. The molecule has 3 rings (SSSR count). The van der Waals surface area contributed by atoms with Crippen LogP contribution in [-0.2, 0) is 11.3 Å². The number of carboxylic acids is 1. The number of amides is 1. The summed E-state index contributed by atoms with van der Waals surface area (Å²) in [5, 5.41) is 18.9. The van der Waals surface area contributed by atoms with Crippen LogP contribution in [0.4, 0.5) is 5.69 Å². The molecular formula is C12H12N4O4. The first-order chi connectivity index (χ1) is 9.61. The fourth-order valence-corrected chi connectivity index (χ4v) is 1.81. The summed E-state index contributed by atoms with van der Waals surface area (Å²) in [6.07, 6.45) is 4.97. The predicted molar refractivity (Wildman–Crippen MR) is 66.3 cm³/mol. The molecule has 0 radical (unpaired) electrons. The number of carboxylic acid groups (broad SMARTS) is 1. The molecule has 0 atom stereocenters. The van der Waals surface area contributed by atoms with Crippen LogP contribution in [0.3, 0.4) is 0 Å². The van der Waals surface area contributed by atoms with Gasteiger partial charge in [-0.1, -0.05) is 5.16 Å². The minimum absolute atomic E-state index is 0.137. The third kappa shape index (κ3) is 2.68. The van der Waals surface area contributed by atoms with Gasteiger partial charge in [0.2, 0.25) is 5.76 Å². The molecule has 2 N–H and O–H groups in total. The van der Waals surface area contributed by atoms with Crippen molar-refractivity contribution in [3.05, 3.63) is 29.9 Å². The molecule has 8 nitrogen and oxygen atoms in total. The number of anilines is 1. The van der Waals surface area contributed by atoms with Gasteiger partial charge >= 0.3 is 5.97 Å². The summed E-state index contributed by atoms with van der Waals surface area (Å²) in [5.74, 6) is -0.883. The molecule has 0 aliphatic heterocycles. The van der Waals surface area contributed by atoms with E-state index in [1.54, 1.807) is 6.07 Å². The van der Waals surface area contributed by atoms with E-state index in [1.165, 1.54) is 17.1 Å². The zero-order valence-corrected chi connectivity index (χ0v) is 10.4. The summed E-state index contributed by atoms with van der Waals surface area (Å²) < 4.78 is 6.20. The Labute approximate surface area is 113 Å². The van der Waals surface area contributed by atoms with Crippen molar-refractivity contribution in [3.8, 4) is 0 Å². The van der Waals surface area contributed by atoms with Gasteiger partial charge < -0.3 is 14.9 Å². The molecule has 2 heterocycles. The minimum atomic E-state index is -1.00. The van der Waals surface area contributed by atoms with Crippen LogP contribution in [0, 0.1) is 0 Å². The average Bonchev–Trinajstić information content (AvgIpc) is 2.96. The Morgan fingerprint density at radius 2 is 2.30 bits per heavy atom. The highest BCUT2D eigenvalue weighted by Crippen LogP contribution is 2.39. The van der Waals surface area contributed by atoms with Gasteiger partial charge in [0.05, 0.1) is 17.6 Å². The summed E-state index contributed by atoms with van der Waals surface area (Å²) in [7, 11) is 0. The number of nitrogens with one attached hydrogen (secondary N) is 1. The van der Waals surface area contributed by atoms with Crippen LogP contribution in [0.1, 0.15) is 35.0 Å². The lowest BCUT2D eigenvalue weighted by molar-refractivity contribution is -0.137. The summed E-state index contributed by atoms with van der Waals surface area (Å²) >= 11 is 0. The molecule has 8 heteroatoms. The van der Waals surface area contributed by atoms with Crippen molar-refractivity contribution in [2.75, 3.05) is 5.32 Å². The Morgan fingerprint density at radius 3 is 3.00 bits per heavy atom. The fourth-order valence-electron chi connectivity index (χ4n) is 1.81. The van der Waals surface area contributed by atoms with E-state index in [2.05, 4.69) is 15.6 Å². The van der Waals surface area contributed by atoms with Crippen LogP contribution in [-0.4, -0.2) is 31.9 Å². The Hall–Kier alpha value is -2.64. The maximum Gasteiger partial charge on any atom is 0.325 e. The van der Waals surface area contributed by atoms with Crippen LogP contribution in [0.2, 0.25) is 0 Å². The smallest absolute Gasteiger partial charge is 0.325 e. The lowest BCUT2D eigenvalue weighted by atomic mass is 10.2. The molecule has 0 bridgehead atoms. The van der Waals surface area contributed by atoms with Gasteiger partial charge in [-0.2, -0.15) is 5.10 Å². The largest absolute Gasteiger partial charge is 0.480 e. The van der Waals surface area contributed by atoms with Crippen molar-refractivity contribution >= 4 is 17.6 Å². The van der Waals surface area contributed by atoms with Crippen molar-refractivity contribution in [1.82, 2.24) is 14.9 Å². The maximum atomic E-state index is 11.9. The van der Waals surface area contributed by atoms with Crippen LogP contribution < -0.4 is 5.32 Å². The van der Waals surface area contributed by atoms with Crippen molar-refractivity contribution in [2.24, 2.45) is 0 Å². The summed E-state index contributed by atoms with van der Waals surface area (Å²) in [4.78, 5) is 22.4. The molecule has 1 aliphatic rings. The number of carbonyl (C=O) groups excluding carboxylic acids is 1. The maximum absolute atomic E-state index is 11.9. The minimum Gasteiger partial charge on any atom is -0.480 e. The normalized spacial score (nSPS) is 14.2. The highest BCUT2D eigenvalue weighted by Gasteiger charge is 2.28. The van der Waals surface area contributed by atoms with Gasteiger partial charge in [-0.05, 0) is 12.8 Å². The summed E-state index contributed by atoms with van der Waals surface area (Å²) in [6.45, 7) is -0.260. The first-order valence-electron chi connectivity index (χ1n) is 6.14. The van der Waals surface area contributed by atoms with Gasteiger partial charge in [0.1, 0.15) is 6.54 Å². The van der Waals surface area contributed by atoms with Gasteiger partial charge in [0.25, 0.3) is 5.91 Å². The van der Waals surface area contributed by atoms with Crippen LogP contribution in [0.25, 0.3) is 0 Å². The van der Waals surface area contributed by atoms with Gasteiger partial charge in [0, 0.05) is 18.2 Å². The fraction of sp³-hybridized carbons (Fsp3) is 0.333. The Kier molecular flexibility index (Phi) is 2.97. The predicted octanol–water partition coefficient (Wildman–Crippen LogP) is 1.09. The second kappa shape index (κ2) is 4.80. The van der Waals surface area contributed by atoms with E-state index in [0.717, 1.165) is 18.5 Å². The number of hydrogen-bond donors (Lipinski definition) is 2. The topological polar surface area (TPSA) is 110 Å². The zero-order chi connectivity index (χ0) is 14.1. The molecule has 0 aromatic carbocycles. The number of rotatable bonds is 5. The third-order valence-electron chi connectivity index (χ3n) is 2.94. The number of aromatic nitrogens is 3. The lowest BCUT2D eigenvalue weighted by Crippen LogP contribution is -2.11. The number of nitrogens with zero attached hydrogens (tertiary/aromatic N) is 3. The summed E-state index contributed by atoms with van der Waals surface area (Å²) in [6, 6.07) is 1.63. The molecule has 2 aromatic rings. The van der Waals surface area contributed by atoms with E-state index in [-0.39, 0.29) is 12.3 Å². The van der Waals surface area contributed by atoms with Gasteiger partial charge in [-0.25, -0.2) is 0 Å². The van der Waals surface area contributed by atoms with Crippen molar-refractivity contribution < 1.29 is 19.2 Å². The molecule has 2 aromatic heterocycles. The Balaban J connectivity index is 1.65. The number of hydrogen-bond acceptors (Lipinski definition) is 5. The van der Waals surface area contributed by atoms with E-state index < -0.39 is 11.9 Å². The quantitative estimate of drug-likeness (QED) is 0.845. The molecular weight excluding hydrogens is 264 g/mol. The van der Waals surface area contributed by atoms with E-state index in [4.69, 9.17) is 9.63 Å². The number of aliphatic carboxylic acids is 1. The molecule has 1 aliphatic carbocycles. The molecule has 1 fully saturated rings. The van der Waals surface area contributed by atoms with Crippen molar-refractivity contribution in [2.45, 2.75) is 25.3 Å². The van der Waals surface area contributed by atoms with Crippen molar-refractivity contribution in [3.63, 3.8) is 0 Å². The Bertz CT molecular complexity index is 656. The molecule has 1 amide bonds. The SMILES string of the molecule is O=C(O)Cn1cc(NC(=O)c2cc(C3CC3)no2)cn1. The van der Waals surface area contributed by atoms with Crippen molar-refractivity contribution in [1.29, 1.82) is 0 Å². The lowest BCUT2D eigenvalue weighted by Gasteiger charge is -1.97. The first-order valence-corrected chi connectivity index (χ1v) is 6.14. The van der Waals surface area contributed by atoms with E-state index in [1.807, 2.05) is 0 Å². The standard InChI is InChI=1S/C12H12N4O4/c17-11(18)6-16-5-8(4-13-16)14-12(19)10-3-9(15-20-10)7-1-2-7/h3-5,7H,1-2,6H2,(H,14,19)(H,17,18). The first kappa shape index (κ1) is 12.4. The molecule has 20 heavy (non-hydrogen) atoms. The zero-order valence-electron chi connectivity index (χ0n) is 10.4. The van der Waals surface area contributed by atoms with E-state index in [9.17, 15) is 9.59 Å². The molecule has 0 saturated heterocycles. The Morgan fingerprint density at radius 1 is 1.50 bits per heavy atom. The van der Waals surface area contributed by atoms with Gasteiger partial charge in [-0.3, -0.25) is 14.3 Å². The number of carbonyl (C=O) groups is 2. The van der Waals surface area contributed by atoms with E-state index >= 15 is 0 Å². The van der Waals surface area contributed by atoms with Gasteiger partial charge in [-0.15, -0.1) is 0 Å².